The van der Waals surface area contributed by atoms with E-state index >= 15 is 0 Å². The number of hydrogen-bond donors (Lipinski definition) is 3. The predicted molar refractivity (Wildman–Crippen MR) is 101 cm³/mol. The molecule has 134 valence electrons. The van der Waals surface area contributed by atoms with Crippen LogP contribution in [0.5, 0.6) is 0 Å². The lowest BCUT2D eigenvalue weighted by molar-refractivity contribution is 0.0239. The molecule has 0 radical (unpaired) electrons. The number of aromatic nitrogens is 1. The number of carbonyl (C=O) groups excluding carboxylic acids is 1. The number of anilines is 1. The Kier molecular flexibility index (Phi) is 5.71. The third-order valence-electron chi connectivity index (χ3n) is 4.66. The standard InChI is InChI=1S/C19H25N3O2S/c1-3-20-19-21-12(2)17(25-19)18(24)22-16(14-10-15(23)11-14)9-13-7-5-4-6-8-13/h4-8,14-16,23H,3,9-11H2,1-2H3,(H,20,21)(H,22,24)/t14?,15?,16-/m0/s1. The first-order chi connectivity index (χ1) is 12.1. The summed E-state index contributed by atoms with van der Waals surface area (Å²) in [5.41, 5.74) is 1.95. The Morgan fingerprint density at radius 1 is 1.36 bits per heavy atom. The second-order valence-electron chi connectivity index (χ2n) is 6.62. The lowest BCUT2D eigenvalue weighted by Crippen LogP contribution is -2.48. The van der Waals surface area contributed by atoms with Crippen molar-refractivity contribution in [2.75, 3.05) is 11.9 Å². The van der Waals surface area contributed by atoms with Gasteiger partial charge in [0.2, 0.25) is 0 Å². The van der Waals surface area contributed by atoms with E-state index < -0.39 is 0 Å². The van der Waals surface area contributed by atoms with Crippen molar-refractivity contribution in [2.45, 2.75) is 45.3 Å². The Bertz CT molecular complexity index is 711. The molecule has 0 bridgehead atoms. The molecule has 1 aliphatic carbocycles. The van der Waals surface area contributed by atoms with Crippen LogP contribution in [0.3, 0.4) is 0 Å². The molecule has 0 spiro atoms. The molecule has 1 aromatic carbocycles. The van der Waals surface area contributed by atoms with Crippen LogP contribution >= 0.6 is 11.3 Å². The van der Waals surface area contributed by atoms with Gasteiger partial charge in [0.1, 0.15) is 4.88 Å². The Balaban J connectivity index is 1.72. The molecular weight excluding hydrogens is 334 g/mol. The van der Waals surface area contributed by atoms with Gasteiger partial charge in [-0.3, -0.25) is 4.79 Å². The van der Waals surface area contributed by atoms with Crippen LogP contribution in [0.2, 0.25) is 0 Å². The molecule has 1 aliphatic rings. The Morgan fingerprint density at radius 3 is 2.72 bits per heavy atom. The maximum Gasteiger partial charge on any atom is 0.263 e. The number of aliphatic hydroxyl groups excluding tert-OH is 1. The lowest BCUT2D eigenvalue weighted by atomic mass is 9.75. The number of amides is 1. The zero-order chi connectivity index (χ0) is 17.8. The van der Waals surface area contributed by atoms with Crippen molar-refractivity contribution in [2.24, 2.45) is 5.92 Å². The summed E-state index contributed by atoms with van der Waals surface area (Å²) in [6.07, 6.45) is 2.05. The molecule has 1 fully saturated rings. The lowest BCUT2D eigenvalue weighted by Gasteiger charge is -2.38. The van der Waals surface area contributed by atoms with E-state index in [-0.39, 0.29) is 18.1 Å². The summed E-state index contributed by atoms with van der Waals surface area (Å²) in [7, 11) is 0. The monoisotopic (exact) mass is 359 g/mol. The van der Waals surface area contributed by atoms with Crippen LogP contribution in [0.25, 0.3) is 0 Å². The zero-order valence-corrected chi connectivity index (χ0v) is 15.5. The normalized spacial score (nSPS) is 20.6. The molecule has 2 aromatic rings. The summed E-state index contributed by atoms with van der Waals surface area (Å²) in [6, 6.07) is 10.2. The molecular formula is C19H25N3O2S. The quantitative estimate of drug-likeness (QED) is 0.710. The van der Waals surface area contributed by atoms with Crippen LogP contribution in [0, 0.1) is 12.8 Å². The van der Waals surface area contributed by atoms with Crippen molar-refractivity contribution in [3.8, 4) is 0 Å². The summed E-state index contributed by atoms with van der Waals surface area (Å²) >= 11 is 1.39. The maximum absolute atomic E-state index is 12.8. The highest BCUT2D eigenvalue weighted by Gasteiger charge is 2.35. The molecule has 25 heavy (non-hydrogen) atoms. The van der Waals surface area contributed by atoms with E-state index in [0.717, 1.165) is 36.6 Å². The van der Waals surface area contributed by atoms with Crippen LogP contribution in [-0.4, -0.2) is 34.7 Å². The SMILES string of the molecule is CCNc1nc(C)c(C(=O)N[C@@H](Cc2ccccc2)C2CC(O)C2)s1. The van der Waals surface area contributed by atoms with Crippen molar-refractivity contribution in [3.63, 3.8) is 0 Å². The maximum atomic E-state index is 12.8. The smallest absolute Gasteiger partial charge is 0.263 e. The zero-order valence-electron chi connectivity index (χ0n) is 14.7. The first-order valence-corrected chi connectivity index (χ1v) is 9.62. The number of rotatable bonds is 7. The van der Waals surface area contributed by atoms with Crippen LogP contribution < -0.4 is 10.6 Å². The largest absolute Gasteiger partial charge is 0.393 e. The predicted octanol–water partition coefficient (Wildman–Crippen LogP) is 3.00. The number of benzene rings is 1. The van der Waals surface area contributed by atoms with Crippen molar-refractivity contribution in [1.29, 1.82) is 0 Å². The van der Waals surface area contributed by atoms with Gasteiger partial charge in [-0.15, -0.1) is 0 Å². The van der Waals surface area contributed by atoms with Gasteiger partial charge >= 0.3 is 0 Å². The van der Waals surface area contributed by atoms with Crippen molar-refractivity contribution in [3.05, 3.63) is 46.5 Å². The first-order valence-electron chi connectivity index (χ1n) is 8.81. The summed E-state index contributed by atoms with van der Waals surface area (Å²) in [4.78, 5) is 17.9. The second kappa shape index (κ2) is 7.97. The molecule has 1 heterocycles. The van der Waals surface area contributed by atoms with Crippen molar-refractivity contribution >= 4 is 22.4 Å². The summed E-state index contributed by atoms with van der Waals surface area (Å²) in [5, 5.41) is 16.8. The second-order valence-corrected chi connectivity index (χ2v) is 7.62. The van der Waals surface area contributed by atoms with Crippen molar-refractivity contribution < 1.29 is 9.90 Å². The van der Waals surface area contributed by atoms with E-state index in [2.05, 4.69) is 27.8 Å². The minimum absolute atomic E-state index is 0.0300. The molecule has 1 aromatic heterocycles. The minimum Gasteiger partial charge on any atom is -0.393 e. The molecule has 0 unspecified atom stereocenters. The highest BCUT2D eigenvalue weighted by atomic mass is 32.1. The highest BCUT2D eigenvalue weighted by Crippen LogP contribution is 2.32. The van der Waals surface area contributed by atoms with E-state index in [4.69, 9.17) is 0 Å². The number of hydrogen-bond acceptors (Lipinski definition) is 5. The van der Waals surface area contributed by atoms with Gasteiger partial charge in [0.05, 0.1) is 11.8 Å². The molecule has 6 heteroatoms. The Labute approximate surface area is 152 Å². The average molecular weight is 359 g/mol. The Hall–Kier alpha value is -1.92. The summed E-state index contributed by atoms with van der Waals surface area (Å²) < 4.78 is 0. The molecule has 0 saturated heterocycles. The molecule has 0 aliphatic heterocycles. The van der Waals surface area contributed by atoms with E-state index in [1.54, 1.807) is 0 Å². The number of aryl methyl sites for hydroxylation is 1. The number of nitrogens with zero attached hydrogens (tertiary/aromatic N) is 1. The van der Waals surface area contributed by atoms with Crippen LogP contribution in [-0.2, 0) is 6.42 Å². The van der Waals surface area contributed by atoms with E-state index in [9.17, 15) is 9.90 Å². The van der Waals surface area contributed by atoms with E-state index in [1.807, 2.05) is 32.0 Å². The highest BCUT2D eigenvalue weighted by molar-refractivity contribution is 7.17. The van der Waals surface area contributed by atoms with Crippen LogP contribution in [0.4, 0.5) is 5.13 Å². The van der Waals surface area contributed by atoms with Gasteiger partial charge in [-0.05, 0) is 44.6 Å². The summed E-state index contributed by atoms with van der Waals surface area (Å²) in [6.45, 7) is 4.66. The number of aliphatic hydroxyl groups is 1. The number of nitrogens with one attached hydrogen (secondary N) is 2. The molecule has 1 saturated carbocycles. The van der Waals surface area contributed by atoms with Gasteiger partial charge in [0.25, 0.3) is 5.91 Å². The molecule has 5 nitrogen and oxygen atoms in total. The molecule has 1 amide bonds. The fourth-order valence-corrected chi connectivity index (χ4v) is 4.17. The fraction of sp³-hybridized carbons (Fsp3) is 0.474. The van der Waals surface area contributed by atoms with Gasteiger partial charge < -0.3 is 15.7 Å². The topological polar surface area (TPSA) is 74.2 Å². The number of thiazole rings is 1. The number of carbonyl (C=O) groups is 1. The first kappa shape index (κ1) is 17.9. The average Bonchev–Trinajstić information content (AvgIpc) is 2.93. The summed E-state index contributed by atoms with van der Waals surface area (Å²) in [5.74, 6) is 0.252. The van der Waals surface area contributed by atoms with Crippen LogP contribution in [0.1, 0.15) is 40.7 Å². The third-order valence-corrected chi connectivity index (χ3v) is 5.78. The molecule has 3 N–H and O–H groups in total. The van der Waals surface area contributed by atoms with Gasteiger partial charge in [0.15, 0.2) is 5.13 Å². The van der Waals surface area contributed by atoms with Crippen LogP contribution in [0.15, 0.2) is 30.3 Å². The van der Waals surface area contributed by atoms with E-state index in [1.165, 1.54) is 16.9 Å². The van der Waals surface area contributed by atoms with Gasteiger partial charge in [-0.2, -0.15) is 0 Å². The molecule has 1 atom stereocenters. The van der Waals surface area contributed by atoms with Gasteiger partial charge in [0, 0.05) is 12.6 Å². The van der Waals surface area contributed by atoms with Crippen molar-refractivity contribution in [1.82, 2.24) is 10.3 Å². The van der Waals surface area contributed by atoms with Gasteiger partial charge in [-0.1, -0.05) is 41.7 Å². The minimum atomic E-state index is -0.231. The van der Waals surface area contributed by atoms with Gasteiger partial charge in [-0.25, -0.2) is 4.98 Å². The van der Waals surface area contributed by atoms with E-state index in [0.29, 0.717) is 10.8 Å². The molecule has 3 rings (SSSR count). The Morgan fingerprint density at radius 2 is 2.08 bits per heavy atom. The fourth-order valence-electron chi connectivity index (χ4n) is 3.23. The third kappa shape index (κ3) is 4.38.